The summed E-state index contributed by atoms with van der Waals surface area (Å²) in [6.07, 6.45) is 14.4. The summed E-state index contributed by atoms with van der Waals surface area (Å²) in [5, 5.41) is 0.643. The first kappa shape index (κ1) is 30.3. The normalized spacial score (nSPS) is 32.0. The highest BCUT2D eigenvalue weighted by atomic mass is 32.1. The van der Waals surface area contributed by atoms with Gasteiger partial charge in [0.15, 0.2) is 0 Å². The van der Waals surface area contributed by atoms with Gasteiger partial charge in [-0.1, -0.05) is 100 Å². The minimum absolute atomic E-state index is 0.643. The van der Waals surface area contributed by atoms with Crippen molar-refractivity contribution in [1.29, 1.82) is 0 Å². The lowest BCUT2D eigenvalue weighted by Gasteiger charge is -2.41. The van der Waals surface area contributed by atoms with Crippen LogP contribution in [0, 0.1) is 35.5 Å². The Kier molecular flexibility index (Phi) is 20.6. The molecule has 0 heterocycles. The first-order chi connectivity index (χ1) is 13.3. The van der Waals surface area contributed by atoms with Gasteiger partial charge in [0.25, 0.3) is 0 Å². The highest BCUT2D eigenvalue weighted by Gasteiger charge is 2.34. The molecule has 2 aliphatic rings. The van der Waals surface area contributed by atoms with E-state index in [1.54, 1.807) is 0 Å². The monoisotopic (exact) mass is 412 g/mol. The van der Waals surface area contributed by atoms with Gasteiger partial charge in [-0.2, -0.15) is 12.6 Å². The van der Waals surface area contributed by atoms with Crippen molar-refractivity contribution in [2.75, 3.05) is 0 Å². The van der Waals surface area contributed by atoms with Crippen molar-refractivity contribution < 1.29 is 0 Å². The fourth-order valence-electron chi connectivity index (χ4n) is 4.73. The summed E-state index contributed by atoms with van der Waals surface area (Å²) < 4.78 is 0. The Hall–Kier alpha value is 0.0900. The molecule has 0 nitrogen and oxygen atoms in total. The third kappa shape index (κ3) is 12.6. The average molecular weight is 413 g/mol. The third-order valence-electron chi connectivity index (χ3n) is 6.65. The van der Waals surface area contributed by atoms with E-state index in [0.29, 0.717) is 5.25 Å². The molecule has 4 unspecified atom stereocenters. The summed E-state index contributed by atoms with van der Waals surface area (Å²) in [6.45, 7) is 23.9. The molecule has 2 aliphatic carbocycles. The van der Waals surface area contributed by atoms with Crippen LogP contribution in [-0.2, 0) is 0 Å². The van der Waals surface area contributed by atoms with E-state index >= 15 is 0 Å². The molecule has 2 rings (SSSR count). The maximum Gasteiger partial charge on any atom is 0.00477 e. The average Bonchev–Trinajstić information content (AvgIpc) is 2.70. The van der Waals surface area contributed by atoms with Crippen molar-refractivity contribution in [2.24, 2.45) is 35.5 Å². The van der Waals surface area contributed by atoms with Crippen molar-refractivity contribution in [3.05, 3.63) is 12.7 Å². The summed E-state index contributed by atoms with van der Waals surface area (Å²) in [5.74, 6) is 5.37. The molecule has 0 saturated heterocycles. The van der Waals surface area contributed by atoms with Gasteiger partial charge >= 0.3 is 0 Å². The molecule has 2 saturated carbocycles. The number of allylic oxidation sites excluding steroid dienone is 1. The number of rotatable bonds is 4. The lowest BCUT2D eigenvalue weighted by atomic mass is 9.68. The summed E-state index contributed by atoms with van der Waals surface area (Å²) in [4.78, 5) is 0. The Morgan fingerprint density at radius 2 is 1.32 bits per heavy atom. The highest BCUT2D eigenvalue weighted by Crippen LogP contribution is 2.42. The molecule has 0 aromatic heterocycles. The molecule has 0 N–H and O–H groups in total. The van der Waals surface area contributed by atoms with Gasteiger partial charge in [-0.05, 0) is 61.2 Å². The van der Waals surface area contributed by atoms with Gasteiger partial charge in [0.2, 0.25) is 0 Å². The fraction of sp³-hybridized carbons (Fsp3) is 0.926. The van der Waals surface area contributed by atoms with E-state index < -0.39 is 0 Å². The minimum Gasteiger partial charge on any atom is -0.176 e. The van der Waals surface area contributed by atoms with E-state index in [2.05, 4.69) is 61.1 Å². The number of hydrogen-bond acceptors (Lipinski definition) is 1. The molecule has 0 aromatic rings. The maximum absolute atomic E-state index is 4.75. The minimum atomic E-state index is 0.643. The molecule has 0 aliphatic heterocycles. The number of thiol groups is 1. The van der Waals surface area contributed by atoms with Gasteiger partial charge in [-0.15, -0.1) is 6.58 Å². The van der Waals surface area contributed by atoms with Crippen LogP contribution in [0.2, 0.25) is 0 Å². The molecule has 0 spiro atoms. The predicted octanol–water partition coefficient (Wildman–Crippen LogP) is 9.84. The molecule has 0 aromatic carbocycles. The van der Waals surface area contributed by atoms with Crippen molar-refractivity contribution >= 4 is 12.6 Å². The fourth-order valence-corrected chi connectivity index (χ4v) is 5.31. The van der Waals surface area contributed by atoms with E-state index in [0.717, 1.165) is 35.5 Å². The van der Waals surface area contributed by atoms with Gasteiger partial charge in [-0.3, -0.25) is 0 Å². The molecule has 0 radical (unpaired) electrons. The van der Waals surface area contributed by atoms with Crippen molar-refractivity contribution in [1.82, 2.24) is 0 Å². The van der Waals surface area contributed by atoms with E-state index in [9.17, 15) is 0 Å². The van der Waals surface area contributed by atoms with Crippen LogP contribution < -0.4 is 0 Å². The number of hydrogen-bond donors (Lipinski definition) is 1. The first-order valence-electron chi connectivity index (χ1n) is 12.6. The van der Waals surface area contributed by atoms with Crippen LogP contribution in [0.15, 0.2) is 12.7 Å². The topological polar surface area (TPSA) is 0 Å². The molecule has 0 amide bonds. The molecular weight excluding hydrogens is 356 g/mol. The second kappa shape index (κ2) is 19.1. The Labute approximate surface area is 186 Å². The molecule has 28 heavy (non-hydrogen) atoms. The summed E-state index contributed by atoms with van der Waals surface area (Å²) in [7, 11) is 0. The molecule has 0 bridgehead atoms. The maximum atomic E-state index is 4.75. The lowest BCUT2D eigenvalue weighted by Crippen LogP contribution is -2.35. The van der Waals surface area contributed by atoms with E-state index in [-0.39, 0.29) is 0 Å². The highest BCUT2D eigenvalue weighted by molar-refractivity contribution is 7.81. The Morgan fingerprint density at radius 3 is 1.71 bits per heavy atom. The SMILES string of the molecule is C=CC1CCC(C)CC1.CC.CCC.CCC(CC)C1CC(C)CC(S)C1C. The van der Waals surface area contributed by atoms with Crippen LogP contribution >= 0.6 is 12.6 Å². The van der Waals surface area contributed by atoms with Gasteiger partial charge in [-0.25, -0.2) is 0 Å². The smallest absolute Gasteiger partial charge is 0.00477 e. The van der Waals surface area contributed by atoms with Crippen LogP contribution in [0.3, 0.4) is 0 Å². The zero-order valence-electron chi connectivity index (χ0n) is 21.1. The zero-order chi connectivity index (χ0) is 22.1. The van der Waals surface area contributed by atoms with Gasteiger partial charge < -0.3 is 0 Å². The van der Waals surface area contributed by atoms with Crippen LogP contribution in [-0.4, -0.2) is 5.25 Å². The Balaban J connectivity index is 0. The van der Waals surface area contributed by atoms with Gasteiger partial charge in [0.1, 0.15) is 0 Å². The third-order valence-corrected chi connectivity index (χ3v) is 7.33. The molecule has 4 atom stereocenters. The molecular formula is C27H56S. The van der Waals surface area contributed by atoms with Crippen LogP contribution in [0.4, 0.5) is 0 Å². The molecule has 2 fully saturated rings. The molecule has 1 heteroatoms. The van der Waals surface area contributed by atoms with E-state index in [1.807, 2.05) is 13.8 Å². The van der Waals surface area contributed by atoms with Crippen LogP contribution in [0.5, 0.6) is 0 Å². The van der Waals surface area contributed by atoms with E-state index in [4.69, 9.17) is 12.6 Å². The second-order valence-corrected chi connectivity index (χ2v) is 9.87. The zero-order valence-corrected chi connectivity index (χ0v) is 22.0. The van der Waals surface area contributed by atoms with Crippen molar-refractivity contribution in [2.45, 2.75) is 125 Å². The largest absolute Gasteiger partial charge is 0.176 e. The predicted molar refractivity (Wildman–Crippen MR) is 137 cm³/mol. The van der Waals surface area contributed by atoms with Crippen LogP contribution in [0.25, 0.3) is 0 Å². The molecule has 170 valence electrons. The van der Waals surface area contributed by atoms with E-state index in [1.165, 1.54) is 57.8 Å². The summed E-state index contributed by atoms with van der Waals surface area (Å²) in [6, 6.07) is 0. The first-order valence-corrected chi connectivity index (χ1v) is 13.2. The van der Waals surface area contributed by atoms with Crippen molar-refractivity contribution in [3.8, 4) is 0 Å². The van der Waals surface area contributed by atoms with Gasteiger partial charge in [0.05, 0.1) is 0 Å². The standard InChI is InChI=1S/C13H26S.C9H16.C3H8.C2H6/c1-5-11(6-2)12-7-9(3)8-13(14)10(12)4;1-3-9-6-4-8(2)5-7-9;1-3-2;1-2/h9-14H,5-8H2,1-4H3;3,8-9H,1,4-7H2,2H3;3H2,1-2H3;1-2H3. The second-order valence-electron chi connectivity index (χ2n) is 9.21. The Morgan fingerprint density at radius 1 is 0.857 bits per heavy atom. The summed E-state index contributed by atoms with van der Waals surface area (Å²) in [5.41, 5.74) is 0. The lowest BCUT2D eigenvalue weighted by molar-refractivity contribution is 0.138. The summed E-state index contributed by atoms with van der Waals surface area (Å²) >= 11 is 4.75. The van der Waals surface area contributed by atoms with Crippen LogP contribution in [0.1, 0.15) is 120 Å². The van der Waals surface area contributed by atoms with Gasteiger partial charge in [0, 0.05) is 5.25 Å². The quantitative estimate of drug-likeness (QED) is 0.344. The van der Waals surface area contributed by atoms with Crippen molar-refractivity contribution in [3.63, 3.8) is 0 Å². The Bertz CT molecular complexity index is 323.